The van der Waals surface area contributed by atoms with Crippen LogP contribution in [0.5, 0.6) is 0 Å². The second kappa shape index (κ2) is 8.70. The van der Waals surface area contributed by atoms with Gasteiger partial charge >= 0.3 is 0 Å². The van der Waals surface area contributed by atoms with Crippen molar-refractivity contribution in [1.82, 2.24) is 9.03 Å². The van der Waals surface area contributed by atoms with E-state index in [9.17, 15) is 30.4 Å². The van der Waals surface area contributed by atoms with Crippen molar-refractivity contribution in [2.24, 2.45) is 0 Å². The minimum absolute atomic E-state index is 0.0732. The van der Waals surface area contributed by atoms with Crippen molar-refractivity contribution in [3.8, 4) is 0 Å². The molecule has 178 valence electrons. The van der Waals surface area contributed by atoms with Gasteiger partial charge in [0, 0.05) is 16.6 Å². The highest BCUT2D eigenvalue weighted by Crippen LogP contribution is 2.48. The van der Waals surface area contributed by atoms with Crippen LogP contribution >= 0.6 is 11.6 Å². The third kappa shape index (κ3) is 4.44. The maximum Gasteiger partial charge on any atom is 0.280 e. The molecule has 33 heavy (non-hydrogen) atoms. The van der Waals surface area contributed by atoms with Crippen LogP contribution in [0.4, 0.5) is 8.78 Å². The molecule has 1 heterocycles. The summed E-state index contributed by atoms with van der Waals surface area (Å²) in [5.74, 6) is -1.83. The predicted molar refractivity (Wildman–Crippen MR) is 118 cm³/mol. The Bertz CT molecular complexity index is 1280. The molecule has 0 aromatic heterocycles. The van der Waals surface area contributed by atoms with Gasteiger partial charge in [-0.05, 0) is 68.1 Å². The Morgan fingerprint density at radius 1 is 0.970 bits per heavy atom. The van der Waals surface area contributed by atoms with Gasteiger partial charge in [-0.25, -0.2) is 17.2 Å². The Morgan fingerprint density at radius 2 is 1.58 bits per heavy atom. The van der Waals surface area contributed by atoms with E-state index in [2.05, 4.69) is 4.72 Å². The van der Waals surface area contributed by atoms with Gasteiger partial charge in [-0.3, -0.25) is 4.79 Å². The molecule has 0 unspecified atom stereocenters. The normalized spacial score (nSPS) is 24.5. The largest absolute Gasteiger partial charge is 0.297 e. The Hall–Kier alpha value is -1.92. The number of halogens is 3. The van der Waals surface area contributed by atoms with Crippen molar-refractivity contribution in [1.29, 1.82) is 0 Å². The summed E-state index contributed by atoms with van der Waals surface area (Å²) in [6, 6.07) is 7.50. The molecule has 2 aromatic rings. The molecule has 0 atom stereocenters. The predicted octanol–water partition coefficient (Wildman–Crippen LogP) is 2.95. The molecule has 0 bridgehead atoms. The average molecular weight is 519 g/mol. The van der Waals surface area contributed by atoms with E-state index in [4.69, 9.17) is 11.6 Å². The van der Waals surface area contributed by atoms with Gasteiger partial charge in [-0.2, -0.15) is 17.4 Å². The zero-order chi connectivity index (χ0) is 24.0. The zero-order valence-corrected chi connectivity index (χ0v) is 19.7. The van der Waals surface area contributed by atoms with E-state index >= 15 is 0 Å². The first-order valence-corrected chi connectivity index (χ1v) is 13.5. The fourth-order valence-electron chi connectivity index (χ4n) is 4.37. The Labute approximate surface area is 195 Å². The summed E-state index contributed by atoms with van der Waals surface area (Å²) in [4.78, 5) is 11.1. The summed E-state index contributed by atoms with van der Waals surface area (Å²) in [5.41, 5.74) is -0.285. The molecule has 1 saturated carbocycles. The number of hydrogen-bond acceptors (Lipinski definition) is 5. The van der Waals surface area contributed by atoms with Crippen LogP contribution in [-0.2, 0) is 29.6 Å². The minimum Gasteiger partial charge on any atom is -0.297 e. The van der Waals surface area contributed by atoms with Gasteiger partial charge < -0.3 is 0 Å². The summed E-state index contributed by atoms with van der Waals surface area (Å²) in [6.07, 6.45) is -0.123. The molecule has 1 N–H and O–H groups in total. The van der Waals surface area contributed by atoms with Crippen LogP contribution in [0.1, 0.15) is 31.2 Å². The number of hydrogen-bond donors (Lipinski definition) is 1. The van der Waals surface area contributed by atoms with Gasteiger partial charge in [0.2, 0.25) is 0 Å². The van der Waals surface area contributed by atoms with Crippen LogP contribution in [0.2, 0.25) is 5.02 Å². The molecule has 0 spiro atoms. The summed E-state index contributed by atoms with van der Waals surface area (Å²) >= 11 is 5.88. The maximum atomic E-state index is 14.9. The van der Waals surface area contributed by atoms with Crippen molar-refractivity contribution < 1.29 is 30.4 Å². The SMILES string of the molecule is O=C1CN(S(=O)(=O)NC2CCC(c3cc(F)ccc3F)(S(=O)(=O)c3ccc(Cl)cc3)CC2)C1. The molecule has 1 aliphatic carbocycles. The smallest absolute Gasteiger partial charge is 0.280 e. The summed E-state index contributed by atoms with van der Waals surface area (Å²) < 4.78 is 83.0. The highest BCUT2D eigenvalue weighted by Gasteiger charge is 2.50. The molecule has 4 rings (SSSR count). The van der Waals surface area contributed by atoms with Crippen LogP contribution in [0.25, 0.3) is 0 Å². The van der Waals surface area contributed by atoms with E-state index in [1.165, 1.54) is 24.3 Å². The lowest BCUT2D eigenvalue weighted by atomic mass is 9.80. The van der Waals surface area contributed by atoms with Crippen molar-refractivity contribution in [3.63, 3.8) is 0 Å². The van der Waals surface area contributed by atoms with Crippen LogP contribution < -0.4 is 4.72 Å². The van der Waals surface area contributed by atoms with Gasteiger partial charge in [0.25, 0.3) is 10.2 Å². The number of rotatable bonds is 6. The number of sulfone groups is 1. The number of benzene rings is 2. The third-order valence-electron chi connectivity index (χ3n) is 6.21. The molecule has 2 aromatic carbocycles. The van der Waals surface area contributed by atoms with Crippen LogP contribution in [0, 0.1) is 11.6 Å². The van der Waals surface area contributed by atoms with Crippen LogP contribution in [-0.4, -0.2) is 46.1 Å². The standard InChI is InChI=1S/C21H21ClF2N2O5S2/c22-14-1-4-18(5-2-14)32(28,29)21(19-11-15(23)3-6-20(19)24)9-7-16(8-10-21)25-33(30,31)26-12-17(27)13-26/h1-6,11,16,25H,7-10,12-13H2. The van der Waals surface area contributed by atoms with Gasteiger partial charge in [0.05, 0.1) is 18.0 Å². The van der Waals surface area contributed by atoms with Crippen molar-refractivity contribution in [2.75, 3.05) is 13.1 Å². The number of ketones is 1. The molecule has 12 heteroatoms. The summed E-state index contributed by atoms with van der Waals surface area (Å²) in [5, 5.41) is 0.322. The Balaban J connectivity index is 1.68. The lowest BCUT2D eigenvalue weighted by molar-refractivity contribution is -0.125. The van der Waals surface area contributed by atoms with Crippen molar-refractivity contribution in [3.05, 3.63) is 64.7 Å². The zero-order valence-electron chi connectivity index (χ0n) is 17.3. The lowest BCUT2D eigenvalue weighted by Crippen LogP contribution is -2.57. The van der Waals surface area contributed by atoms with Crippen LogP contribution in [0.15, 0.2) is 47.4 Å². The molecule has 1 saturated heterocycles. The number of nitrogens with one attached hydrogen (secondary N) is 1. The number of carbonyl (C=O) groups is 1. The van der Waals surface area contributed by atoms with E-state index in [0.717, 1.165) is 22.5 Å². The second-order valence-corrected chi connectivity index (χ2v) is 12.7. The summed E-state index contributed by atoms with van der Waals surface area (Å²) in [7, 11) is -8.12. The molecule has 0 amide bonds. The van der Waals surface area contributed by atoms with E-state index < -0.39 is 42.5 Å². The fourth-order valence-corrected chi connectivity index (χ4v) is 8.10. The van der Waals surface area contributed by atoms with Gasteiger partial charge in [0.15, 0.2) is 15.6 Å². The Morgan fingerprint density at radius 3 is 2.15 bits per heavy atom. The molecule has 2 aliphatic rings. The van der Waals surface area contributed by atoms with Gasteiger partial charge in [0.1, 0.15) is 16.4 Å². The van der Waals surface area contributed by atoms with Crippen molar-refractivity contribution in [2.45, 2.75) is 41.4 Å². The van der Waals surface area contributed by atoms with E-state index in [0.29, 0.717) is 5.02 Å². The number of Topliss-reactive ketones (excluding diaryl/α,β-unsaturated/α-hetero) is 1. The minimum atomic E-state index is -4.21. The second-order valence-electron chi connectivity index (χ2n) is 8.28. The van der Waals surface area contributed by atoms with Crippen molar-refractivity contribution >= 4 is 37.4 Å². The highest BCUT2D eigenvalue weighted by molar-refractivity contribution is 7.92. The quantitative estimate of drug-likeness (QED) is 0.633. The molecule has 7 nitrogen and oxygen atoms in total. The first-order chi connectivity index (χ1) is 15.4. The fraction of sp³-hybridized carbons (Fsp3) is 0.381. The molecule has 1 aliphatic heterocycles. The highest BCUT2D eigenvalue weighted by atomic mass is 35.5. The molecular formula is C21H21ClF2N2O5S2. The number of carbonyl (C=O) groups excluding carboxylic acids is 1. The topological polar surface area (TPSA) is 101 Å². The molecule has 0 radical (unpaired) electrons. The molecule has 2 fully saturated rings. The number of nitrogens with zero attached hydrogens (tertiary/aromatic N) is 1. The first-order valence-electron chi connectivity index (χ1n) is 10.2. The van der Waals surface area contributed by atoms with Crippen LogP contribution in [0.3, 0.4) is 0 Å². The maximum absolute atomic E-state index is 14.9. The third-order valence-corrected chi connectivity index (χ3v) is 10.6. The lowest BCUT2D eigenvalue weighted by Gasteiger charge is -2.41. The Kier molecular flexibility index (Phi) is 6.38. The van der Waals surface area contributed by atoms with E-state index in [1.54, 1.807) is 0 Å². The monoisotopic (exact) mass is 518 g/mol. The molecular weight excluding hydrogens is 498 g/mol. The van der Waals surface area contributed by atoms with E-state index in [-0.39, 0.29) is 55.0 Å². The van der Waals surface area contributed by atoms with E-state index in [1.807, 2.05) is 0 Å². The first kappa shape index (κ1) is 24.2. The summed E-state index contributed by atoms with van der Waals surface area (Å²) in [6.45, 7) is -0.406. The average Bonchev–Trinajstić information content (AvgIpc) is 2.74. The van der Waals surface area contributed by atoms with Gasteiger partial charge in [-0.1, -0.05) is 11.6 Å². The van der Waals surface area contributed by atoms with Gasteiger partial charge in [-0.15, -0.1) is 0 Å².